The second kappa shape index (κ2) is 8.16. The van der Waals surface area contributed by atoms with Crippen LogP contribution in [-0.2, 0) is 0 Å². The summed E-state index contributed by atoms with van der Waals surface area (Å²) < 4.78 is 5.30. The third-order valence-electron chi connectivity index (χ3n) is 5.15. The molecule has 1 amide bonds. The molecule has 3 rings (SSSR count). The van der Waals surface area contributed by atoms with E-state index in [9.17, 15) is 4.79 Å². The van der Waals surface area contributed by atoms with Gasteiger partial charge in [0.1, 0.15) is 0 Å². The number of hydrogen-bond acceptors (Lipinski definition) is 5. The molecule has 142 valence electrons. The maximum atomic E-state index is 12.8. The summed E-state index contributed by atoms with van der Waals surface area (Å²) in [5, 5.41) is 7.76. The second-order valence-electron chi connectivity index (χ2n) is 7.85. The second-order valence-corrected chi connectivity index (χ2v) is 7.85. The molecule has 1 unspecified atom stereocenters. The van der Waals surface area contributed by atoms with Crippen LogP contribution in [0.5, 0.6) is 0 Å². The number of nitrogens with one attached hydrogen (secondary N) is 1. The van der Waals surface area contributed by atoms with Gasteiger partial charge >= 0.3 is 0 Å². The number of fused-ring (bicyclic) bond motifs is 1. The van der Waals surface area contributed by atoms with E-state index < -0.39 is 0 Å². The average Bonchev–Trinajstić information content (AvgIpc) is 2.99. The van der Waals surface area contributed by atoms with Gasteiger partial charge in [-0.2, -0.15) is 0 Å². The van der Waals surface area contributed by atoms with Crippen LogP contribution in [0.3, 0.4) is 0 Å². The summed E-state index contributed by atoms with van der Waals surface area (Å²) in [7, 11) is 0. The SMILES string of the molecule is Cc1noc2nc(C(C)C)cc(C(=O)NCCCN3CCCC(C)C3)c12. The number of rotatable bonds is 6. The van der Waals surface area contributed by atoms with Gasteiger partial charge in [-0.15, -0.1) is 0 Å². The van der Waals surface area contributed by atoms with Crippen molar-refractivity contribution in [1.29, 1.82) is 0 Å². The Labute approximate surface area is 155 Å². The fraction of sp³-hybridized carbons (Fsp3) is 0.650. The Morgan fingerprint density at radius 2 is 2.27 bits per heavy atom. The Bertz CT molecular complexity index is 769. The Balaban J connectivity index is 1.63. The molecule has 2 aromatic rings. The van der Waals surface area contributed by atoms with Gasteiger partial charge in [0.25, 0.3) is 11.6 Å². The monoisotopic (exact) mass is 358 g/mol. The van der Waals surface area contributed by atoms with Gasteiger partial charge in [0.15, 0.2) is 0 Å². The lowest BCUT2D eigenvalue weighted by molar-refractivity contribution is 0.0951. The molecule has 6 nitrogen and oxygen atoms in total. The van der Waals surface area contributed by atoms with E-state index in [1.54, 1.807) is 0 Å². The van der Waals surface area contributed by atoms with Crippen molar-refractivity contribution in [2.75, 3.05) is 26.2 Å². The van der Waals surface area contributed by atoms with E-state index in [0.717, 1.165) is 30.0 Å². The lowest BCUT2D eigenvalue weighted by atomic mass is 10.0. The van der Waals surface area contributed by atoms with Gasteiger partial charge in [0.05, 0.1) is 16.6 Å². The molecule has 1 atom stereocenters. The molecule has 1 fully saturated rings. The van der Waals surface area contributed by atoms with Crippen LogP contribution < -0.4 is 5.32 Å². The summed E-state index contributed by atoms with van der Waals surface area (Å²) >= 11 is 0. The van der Waals surface area contributed by atoms with Gasteiger partial charge in [-0.25, -0.2) is 4.98 Å². The Hall–Kier alpha value is -1.95. The highest BCUT2D eigenvalue weighted by molar-refractivity contribution is 6.06. The van der Waals surface area contributed by atoms with Crippen LogP contribution in [0.25, 0.3) is 11.1 Å². The molecule has 0 radical (unpaired) electrons. The number of pyridine rings is 1. The highest BCUT2D eigenvalue weighted by Crippen LogP contribution is 2.25. The molecule has 0 bridgehead atoms. The highest BCUT2D eigenvalue weighted by atomic mass is 16.5. The Morgan fingerprint density at radius 1 is 1.46 bits per heavy atom. The van der Waals surface area contributed by atoms with Crippen molar-refractivity contribution in [2.45, 2.75) is 52.9 Å². The lowest BCUT2D eigenvalue weighted by Crippen LogP contribution is -2.36. The smallest absolute Gasteiger partial charge is 0.259 e. The van der Waals surface area contributed by atoms with Crippen molar-refractivity contribution in [3.05, 3.63) is 23.0 Å². The molecule has 0 aliphatic carbocycles. The molecule has 6 heteroatoms. The third-order valence-corrected chi connectivity index (χ3v) is 5.15. The number of carbonyl (C=O) groups is 1. The normalized spacial score (nSPS) is 18.6. The van der Waals surface area contributed by atoms with Gasteiger partial charge in [0, 0.05) is 18.8 Å². The number of nitrogens with zero attached hydrogens (tertiary/aromatic N) is 3. The molecular formula is C20H30N4O2. The number of aryl methyl sites for hydroxylation is 1. The summed E-state index contributed by atoms with van der Waals surface area (Å²) in [6.07, 6.45) is 3.58. The summed E-state index contributed by atoms with van der Waals surface area (Å²) in [5.74, 6) is 0.935. The van der Waals surface area contributed by atoms with E-state index >= 15 is 0 Å². The van der Waals surface area contributed by atoms with Gasteiger partial charge in [0.2, 0.25) is 0 Å². The quantitative estimate of drug-likeness (QED) is 0.800. The molecule has 1 aliphatic rings. The van der Waals surface area contributed by atoms with Crippen molar-refractivity contribution in [3.8, 4) is 0 Å². The van der Waals surface area contributed by atoms with Crippen molar-refractivity contribution >= 4 is 17.0 Å². The van der Waals surface area contributed by atoms with E-state index in [0.29, 0.717) is 23.5 Å². The number of aromatic nitrogens is 2. The van der Waals surface area contributed by atoms with E-state index in [-0.39, 0.29) is 11.8 Å². The van der Waals surface area contributed by atoms with Crippen LogP contribution in [0.15, 0.2) is 10.6 Å². The van der Waals surface area contributed by atoms with Gasteiger partial charge in [-0.1, -0.05) is 25.9 Å². The first-order chi connectivity index (χ1) is 12.5. The molecule has 0 spiro atoms. The molecular weight excluding hydrogens is 328 g/mol. The number of carbonyl (C=O) groups excluding carboxylic acids is 1. The van der Waals surface area contributed by atoms with Crippen LogP contribution in [0.4, 0.5) is 0 Å². The molecule has 3 heterocycles. The van der Waals surface area contributed by atoms with Crippen molar-refractivity contribution in [3.63, 3.8) is 0 Å². The standard InChI is InChI=1S/C20H30N4O2/c1-13(2)17-11-16(18-15(4)23-26-20(18)22-17)19(25)21-8-6-10-24-9-5-7-14(3)12-24/h11,13-14H,5-10,12H2,1-4H3,(H,21,25). The molecule has 1 saturated heterocycles. The van der Waals surface area contributed by atoms with Crippen molar-refractivity contribution < 1.29 is 9.32 Å². The molecule has 2 aromatic heterocycles. The minimum absolute atomic E-state index is 0.0717. The summed E-state index contributed by atoms with van der Waals surface area (Å²) in [4.78, 5) is 19.8. The van der Waals surface area contributed by atoms with Crippen LogP contribution in [0, 0.1) is 12.8 Å². The van der Waals surface area contributed by atoms with E-state index in [2.05, 4.69) is 41.1 Å². The maximum absolute atomic E-state index is 12.8. The molecule has 0 saturated carbocycles. The summed E-state index contributed by atoms with van der Waals surface area (Å²) in [6, 6.07) is 1.87. The van der Waals surface area contributed by atoms with Gasteiger partial charge in [-0.05, 0) is 57.2 Å². The van der Waals surface area contributed by atoms with Gasteiger partial charge < -0.3 is 14.7 Å². The minimum atomic E-state index is -0.0717. The molecule has 26 heavy (non-hydrogen) atoms. The zero-order valence-corrected chi connectivity index (χ0v) is 16.3. The largest absolute Gasteiger partial charge is 0.352 e. The first kappa shape index (κ1) is 18.8. The first-order valence-corrected chi connectivity index (χ1v) is 9.73. The summed E-state index contributed by atoms with van der Waals surface area (Å²) in [6.45, 7) is 12.3. The molecule has 1 aliphatic heterocycles. The predicted octanol–water partition coefficient (Wildman–Crippen LogP) is 3.51. The number of likely N-dealkylation sites (tertiary alicyclic amines) is 1. The third kappa shape index (κ3) is 4.23. The minimum Gasteiger partial charge on any atom is -0.352 e. The number of piperidine rings is 1. The Kier molecular flexibility index (Phi) is 5.91. The topological polar surface area (TPSA) is 71.3 Å². The van der Waals surface area contributed by atoms with E-state index in [1.165, 1.54) is 25.9 Å². The zero-order valence-electron chi connectivity index (χ0n) is 16.3. The number of hydrogen-bond donors (Lipinski definition) is 1. The van der Waals surface area contributed by atoms with Crippen LogP contribution in [-0.4, -0.2) is 47.1 Å². The fourth-order valence-corrected chi connectivity index (χ4v) is 3.68. The van der Waals surface area contributed by atoms with Gasteiger partial charge in [-0.3, -0.25) is 4.79 Å². The van der Waals surface area contributed by atoms with Crippen LogP contribution in [0.2, 0.25) is 0 Å². The first-order valence-electron chi connectivity index (χ1n) is 9.73. The molecule has 1 N–H and O–H groups in total. The van der Waals surface area contributed by atoms with Crippen LogP contribution >= 0.6 is 0 Å². The van der Waals surface area contributed by atoms with Crippen LogP contribution in [0.1, 0.15) is 67.7 Å². The maximum Gasteiger partial charge on any atom is 0.259 e. The van der Waals surface area contributed by atoms with E-state index in [4.69, 9.17) is 4.52 Å². The summed E-state index contributed by atoms with van der Waals surface area (Å²) in [5.41, 5.74) is 2.61. The van der Waals surface area contributed by atoms with Crippen molar-refractivity contribution in [1.82, 2.24) is 20.4 Å². The average molecular weight is 358 g/mol. The van der Waals surface area contributed by atoms with E-state index in [1.807, 2.05) is 13.0 Å². The highest BCUT2D eigenvalue weighted by Gasteiger charge is 2.20. The molecule has 0 aromatic carbocycles. The Morgan fingerprint density at radius 3 is 3.00 bits per heavy atom. The van der Waals surface area contributed by atoms with Crippen molar-refractivity contribution in [2.24, 2.45) is 5.92 Å². The zero-order chi connectivity index (χ0) is 18.7. The predicted molar refractivity (Wildman–Crippen MR) is 102 cm³/mol. The number of amides is 1. The fourth-order valence-electron chi connectivity index (χ4n) is 3.68. The lowest BCUT2D eigenvalue weighted by Gasteiger charge is -2.30.